The zero-order chi connectivity index (χ0) is 20.7. The van der Waals surface area contributed by atoms with E-state index < -0.39 is 10.0 Å². The third-order valence-corrected chi connectivity index (χ3v) is 6.47. The number of methoxy groups -OCH3 is 1. The van der Waals surface area contributed by atoms with Gasteiger partial charge in [-0.1, -0.05) is 23.7 Å². The monoisotopic (exact) mass is 442 g/mol. The molecule has 0 bridgehead atoms. The van der Waals surface area contributed by atoms with E-state index in [0.717, 1.165) is 5.56 Å². The highest BCUT2D eigenvalue weighted by molar-refractivity contribution is 7.99. The number of sulfonamides is 1. The van der Waals surface area contributed by atoms with Crippen LogP contribution in [0.2, 0.25) is 5.02 Å². The minimum Gasteiger partial charge on any atom is -0.495 e. The SMILES string of the molecule is COc1ccc(S(=O)(=O)NC(C)C)cc1NC(=O)CSCc1ccc(Cl)cc1. The zero-order valence-corrected chi connectivity index (χ0v) is 18.2. The third-order valence-electron chi connectivity index (χ3n) is 3.56. The molecule has 0 fully saturated rings. The van der Waals surface area contributed by atoms with E-state index in [9.17, 15) is 13.2 Å². The van der Waals surface area contributed by atoms with Gasteiger partial charge in [-0.25, -0.2) is 13.1 Å². The molecule has 0 unspecified atom stereocenters. The molecule has 0 aliphatic heterocycles. The summed E-state index contributed by atoms with van der Waals surface area (Å²) in [6, 6.07) is 11.5. The fourth-order valence-electron chi connectivity index (χ4n) is 2.36. The van der Waals surface area contributed by atoms with Crippen molar-refractivity contribution in [2.75, 3.05) is 18.2 Å². The fourth-order valence-corrected chi connectivity index (χ4v) is 4.55. The van der Waals surface area contributed by atoms with Crippen LogP contribution in [0.1, 0.15) is 19.4 Å². The van der Waals surface area contributed by atoms with Gasteiger partial charge >= 0.3 is 0 Å². The van der Waals surface area contributed by atoms with Crippen LogP contribution in [0.4, 0.5) is 5.69 Å². The van der Waals surface area contributed by atoms with Crippen LogP contribution in [0, 0.1) is 0 Å². The van der Waals surface area contributed by atoms with Gasteiger partial charge in [-0.05, 0) is 49.7 Å². The van der Waals surface area contributed by atoms with Crippen LogP contribution in [0.5, 0.6) is 5.75 Å². The Balaban J connectivity index is 2.03. The highest BCUT2D eigenvalue weighted by Gasteiger charge is 2.18. The molecule has 2 rings (SSSR count). The number of ether oxygens (including phenoxy) is 1. The quantitative estimate of drug-likeness (QED) is 0.615. The van der Waals surface area contributed by atoms with Crippen molar-refractivity contribution in [1.82, 2.24) is 4.72 Å². The minimum atomic E-state index is -3.67. The molecule has 0 radical (unpaired) electrons. The lowest BCUT2D eigenvalue weighted by Crippen LogP contribution is -2.30. The summed E-state index contributed by atoms with van der Waals surface area (Å²) >= 11 is 7.30. The molecule has 9 heteroatoms. The maximum absolute atomic E-state index is 12.4. The van der Waals surface area contributed by atoms with Gasteiger partial charge < -0.3 is 10.1 Å². The number of carbonyl (C=O) groups is 1. The highest BCUT2D eigenvalue weighted by Crippen LogP contribution is 2.28. The van der Waals surface area contributed by atoms with E-state index in [1.807, 2.05) is 12.1 Å². The Bertz CT molecular complexity index is 916. The second-order valence-corrected chi connectivity index (χ2v) is 9.44. The first kappa shape index (κ1) is 22.5. The van der Waals surface area contributed by atoms with Crippen molar-refractivity contribution in [3.63, 3.8) is 0 Å². The molecule has 28 heavy (non-hydrogen) atoms. The molecule has 2 N–H and O–H groups in total. The molecule has 2 aromatic rings. The summed E-state index contributed by atoms with van der Waals surface area (Å²) in [5, 5.41) is 3.39. The van der Waals surface area contributed by atoms with Gasteiger partial charge in [-0.15, -0.1) is 11.8 Å². The van der Waals surface area contributed by atoms with Crippen LogP contribution in [0.3, 0.4) is 0 Å². The molecule has 1 amide bonds. The topological polar surface area (TPSA) is 84.5 Å². The third kappa shape index (κ3) is 6.70. The van der Waals surface area contributed by atoms with E-state index >= 15 is 0 Å². The summed E-state index contributed by atoms with van der Waals surface area (Å²) in [4.78, 5) is 12.4. The van der Waals surface area contributed by atoms with E-state index in [0.29, 0.717) is 22.2 Å². The van der Waals surface area contributed by atoms with Gasteiger partial charge in [0.25, 0.3) is 0 Å². The number of anilines is 1. The summed E-state index contributed by atoms with van der Waals surface area (Å²) in [6.07, 6.45) is 0. The maximum atomic E-state index is 12.4. The number of benzene rings is 2. The molecule has 6 nitrogen and oxygen atoms in total. The molecule has 0 atom stereocenters. The molecule has 0 heterocycles. The standard InChI is InChI=1S/C19H23ClN2O4S2/c1-13(2)22-28(24,25)16-8-9-18(26-3)17(10-16)21-19(23)12-27-11-14-4-6-15(20)7-5-14/h4-10,13,22H,11-12H2,1-3H3,(H,21,23). The van der Waals surface area contributed by atoms with Crippen molar-refractivity contribution in [3.05, 3.63) is 53.1 Å². The molecule has 0 aliphatic carbocycles. The van der Waals surface area contributed by atoms with Crippen molar-refractivity contribution < 1.29 is 17.9 Å². The molecule has 2 aromatic carbocycles. The first-order chi connectivity index (χ1) is 13.2. The van der Waals surface area contributed by atoms with Gasteiger partial charge in [0.05, 0.1) is 23.4 Å². The predicted octanol–water partition coefficient (Wildman–Crippen LogP) is 3.91. The van der Waals surface area contributed by atoms with Crippen LogP contribution in [-0.2, 0) is 20.6 Å². The Morgan fingerprint density at radius 3 is 2.46 bits per heavy atom. The van der Waals surface area contributed by atoms with Crippen LogP contribution in [0.25, 0.3) is 0 Å². The van der Waals surface area contributed by atoms with Crippen LogP contribution < -0.4 is 14.8 Å². The van der Waals surface area contributed by atoms with Gasteiger partial charge in [-0.3, -0.25) is 4.79 Å². The summed E-state index contributed by atoms with van der Waals surface area (Å²) in [7, 11) is -2.21. The fraction of sp³-hybridized carbons (Fsp3) is 0.316. The van der Waals surface area contributed by atoms with Crippen LogP contribution in [0.15, 0.2) is 47.4 Å². The van der Waals surface area contributed by atoms with E-state index in [-0.39, 0.29) is 22.6 Å². The number of hydrogen-bond acceptors (Lipinski definition) is 5. The smallest absolute Gasteiger partial charge is 0.240 e. The summed E-state index contributed by atoms with van der Waals surface area (Å²) in [6.45, 7) is 3.48. The predicted molar refractivity (Wildman–Crippen MR) is 115 cm³/mol. The molecule has 0 aliphatic rings. The molecule has 0 spiro atoms. The molecule has 0 saturated carbocycles. The lowest BCUT2D eigenvalue weighted by atomic mass is 10.2. The van der Waals surface area contributed by atoms with Gasteiger partial charge in [0.1, 0.15) is 5.75 Å². The molecular formula is C19H23ClN2O4S2. The molecule has 0 saturated heterocycles. The zero-order valence-electron chi connectivity index (χ0n) is 15.9. The number of thioether (sulfide) groups is 1. The maximum Gasteiger partial charge on any atom is 0.240 e. The summed E-state index contributed by atoms with van der Waals surface area (Å²) in [5.41, 5.74) is 1.37. The number of carbonyl (C=O) groups excluding carboxylic acids is 1. The van der Waals surface area contributed by atoms with Gasteiger partial charge in [0.15, 0.2) is 0 Å². The van der Waals surface area contributed by atoms with Gasteiger partial charge in [-0.2, -0.15) is 0 Å². The van der Waals surface area contributed by atoms with Gasteiger partial charge in [0, 0.05) is 16.8 Å². The molecule has 0 aromatic heterocycles. The van der Waals surface area contributed by atoms with Crippen molar-refractivity contribution in [2.45, 2.75) is 30.5 Å². The lowest BCUT2D eigenvalue weighted by molar-refractivity contribution is -0.113. The first-order valence-corrected chi connectivity index (χ1v) is 11.6. The Labute approximate surface area is 175 Å². The van der Waals surface area contributed by atoms with Crippen molar-refractivity contribution in [3.8, 4) is 5.75 Å². The second-order valence-electron chi connectivity index (χ2n) is 6.31. The highest BCUT2D eigenvalue weighted by atomic mass is 35.5. The lowest BCUT2D eigenvalue weighted by Gasteiger charge is -2.14. The van der Waals surface area contributed by atoms with Crippen molar-refractivity contribution >= 4 is 45.0 Å². The Morgan fingerprint density at radius 1 is 1.18 bits per heavy atom. The minimum absolute atomic E-state index is 0.0612. The normalized spacial score (nSPS) is 11.5. The summed E-state index contributed by atoms with van der Waals surface area (Å²) < 4.78 is 32.5. The molecular weight excluding hydrogens is 420 g/mol. The van der Waals surface area contributed by atoms with E-state index in [1.54, 1.807) is 26.0 Å². The van der Waals surface area contributed by atoms with E-state index in [4.69, 9.17) is 16.3 Å². The Morgan fingerprint density at radius 2 is 1.86 bits per heavy atom. The number of halogens is 1. The largest absolute Gasteiger partial charge is 0.495 e. The van der Waals surface area contributed by atoms with Crippen LogP contribution in [-0.4, -0.2) is 33.2 Å². The van der Waals surface area contributed by atoms with E-state index in [2.05, 4.69) is 10.0 Å². The number of amides is 1. The number of hydrogen-bond donors (Lipinski definition) is 2. The Kier molecular flexibility index (Phi) is 8.18. The second kappa shape index (κ2) is 10.2. The number of nitrogens with one attached hydrogen (secondary N) is 2. The van der Waals surface area contributed by atoms with Crippen LogP contribution >= 0.6 is 23.4 Å². The number of rotatable bonds is 9. The van der Waals surface area contributed by atoms with Gasteiger partial charge in [0.2, 0.25) is 15.9 Å². The Hall–Kier alpha value is -1.74. The summed E-state index contributed by atoms with van der Waals surface area (Å²) in [5.74, 6) is 1.02. The first-order valence-electron chi connectivity index (χ1n) is 8.53. The average molecular weight is 443 g/mol. The van der Waals surface area contributed by atoms with E-state index in [1.165, 1.54) is 37.1 Å². The average Bonchev–Trinajstić information content (AvgIpc) is 2.62. The molecule has 152 valence electrons. The van der Waals surface area contributed by atoms with Crippen molar-refractivity contribution in [1.29, 1.82) is 0 Å². The van der Waals surface area contributed by atoms with Crippen molar-refractivity contribution in [2.24, 2.45) is 0 Å².